The minimum Gasteiger partial charge on any atom is -0.393 e. The van der Waals surface area contributed by atoms with E-state index in [4.69, 9.17) is 0 Å². The van der Waals surface area contributed by atoms with E-state index in [1.165, 1.54) is 62.5 Å². The van der Waals surface area contributed by atoms with Crippen molar-refractivity contribution in [1.82, 2.24) is 0 Å². The Balaban J connectivity index is 1.70. The van der Waals surface area contributed by atoms with Gasteiger partial charge in [0.1, 0.15) is 0 Å². The SMILES string of the molecule is C=C1CC[C@H](O)C/C1=C\C=C1CCC[C@]2(C)[C@@H]([C@H](C)CCCC(C)C)CC[C@@H]12. The van der Waals surface area contributed by atoms with Gasteiger partial charge in [-0.15, -0.1) is 0 Å². The smallest absolute Gasteiger partial charge is 0.0583 e. The second kappa shape index (κ2) is 9.33. The third-order valence-corrected chi connectivity index (χ3v) is 8.35. The number of hydrogen-bond donors (Lipinski definition) is 1. The van der Waals surface area contributed by atoms with Crippen molar-refractivity contribution in [2.45, 2.75) is 104 Å². The van der Waals surface area contributed by atoms with Gasteiger partial charge in [0.2, 0.25) is 0 Å². The second-order valence-corrected chi connectivity index (χ2v) is 10.8. The Kier molecular flexibility index (Phi) is 7.29. The van der Waals surface area contributed by atoms with Crippen molar-refractivity contribution < 1.29 is 5.11 Å². The van der Waals surface area contributed by atoms with Gasteiger partial charge in [-0.25, -0.2) is 0 Å². The van der Waals surface area contributed by atoms with Crippen molar-refractivity contribution in [1.29, 1.82) is 0 Å². The highest BCUT2D eigenvalue weighted by atomic mass is 16.3. The van der Waals surface area contributed by atoms with Crippen molar-refractivity contribution in [2.75, 3.05) is 0 Å². The van der Waals surface area contributed by atoms with E-state index in [1.54, 1.807) is 5.57 Å². The second-order valence-electron chi connectivity index (χ2n) is 10.8. The first kappa shape index (κ1) is 21.9. The average Bonchev–Trinajstić information content (AvgIpc) is 2.99. The molecule has 0 aliphatic heterocycles. The van der Waals surface area contributed by atoms with Crippen molar-refractivity contribution in [3.05, 3.63) is 35.5 Å². The fourth-order valence-corrected chi connectivity index (χ4v) is 6.66. The minimum absolute atomic E-state index is 0.172. The molecule has 28 heavy (non-hydrogen) atoms. The molecule has 3 rings (SSSR count). The van der Waals surface area contributed by atoms with Crippen LogP contribution >= 0.6 is 0 Å². The van der Waals surface area contributed by atoms with Crippen molar-refractivity contribution >= 4 is 0 Å². The zero-order valence-corrected chi connectivity index (χ0v) is 19.0. The summed E-state index contributed by atoms with van der Waals surface area (Å²) < 4.78 is 0. The van der Waals surface area contributed by atoms with Crippen LogP contribution in [0.3, 0.4) is 0 Å². The van der Waals surface area contributed by atoms with Crippen LogP contribution in [-0.4, -0.2) is 11.2 Å². The fraction of sp³-hybridized carbons (Fsp3) is 0.778. The van der Waals surface area contributed by atoms with Crippen molar-refractivity contribution in [2.24, 2.45) is 29.1 Å². The van der Waals surface area contributed by atoms with E-state index in [0.29, 0.717) is 5.41 Å². The van der Waals surface area contributed by atoms with E-state index in [0.717, 1.165) is 42.9 Å². The summed E-state index contributed by atoms with van der Waals surface area (Å²) in [6.45, 7) is 14.1. The molecule has 0 unspecified atom stereocenters. The van der Waals surface area contributed by atoms with Gasteiger partial charge in [0.05, 0.1) is 6.10 Å². The van der Waals surface area contributed by atoms with Crippen LogP contribution in [-0.2, 0) is 0 Å². The third-order valence-electron chi connectivity index (χ3n) is 8.35. The van der Waals surface area contributed by atoms with Crippen LogP contribution in [0.25, 0.3) is 0 Å². The third kappa shape index (κ3) is 4.84. The highest BCUT2D eigenvalue weighted by Crippen LogP contribution is 2.59. The number of allylic oxidation sites excluding steroid dienone is 4. The normalized spacial score (nSPS) is 37.6. The lowest BCUT2D eigenvalue weighted by molar-refractivity contribution is 0.0929. The summed E-state index contributed by atoms with van der Waals surface area (Å²) in [4.78, 5) is 0. The molecule has 3 fully saturated rings. The number of rotatable bonds is 6. The summed E-state index contributed by atoms with van der Waals surface area (Å²) in [5.74, 6) is 3.37. The Morgan fingerprint density at radius 2 is 1.89 bits per heavy atom. The summed E-state index contributed by atoms with van der Waals surface area (Å²) in [5.41, 5.74) is 4.72. The summed E-state index contributed by atoms with van der Waals surface area (Å²) in [6, 6.07) is 0. The molecule has 0 aromatic carbocycles. The van der Waals surface area contributed by atoms with Crippen molar-refractivity contribution in [3.63, 3.8) is 0 Å². The Hall–Kier alpha value is -0.820. The molecule has 3 saturated carbocycles. The summed E-state index contributed by atoms with van der Waals surface area (Å²) in [6.07, 6.45) is 18.2. The van der Waals surface area contributed by atoms with Crippen LogP contribution in [0.4, 0.5) is 0 Å². The molecule has 0 heterocycles. The van der Waals surface area contributed by atoms with E-state index in [2.05, 4.69) is 46.4 Å². The molecule has 0 amide bonds. The topological polar surface area (TPSA) is 20.2 Å². The van der Waals surface area contributed by atoms with Crippen LogP contribution in [0.5, 0.6) is 0 Å². The number of aliphatic hydroxyl groups excluding tert-OH is 1. The van der Waals surface area contributed by atoms with Gasteiger partial charge in [0, 0.05) is 0 Å². The molecule has 5 atom stereocenters. The molecule has 1 nitrogen and oxygen atoms in total. The molecule has 1 heteroatoms. The predicted molar refractivity (Wildman–Crippen MR) is 121 cm³/mol. The largest absolute Gasteiger partial charge is 0.393 e. The number of aliphatic hydroxyl groups is 1. The molecule has 3 aliphatic rings. The van der Waals surface area contributed by atoms with Gasteiger partial charge < -0.3 is 5.11 Å². The first-order chi connectivity index (χ1) is 13.3. The van der Waals surface area contributed by atoms with Gasteiger partial charge in [0.25, 0.3) is 0 Å². The van der Waals surface area contributed by atoms with Gasteiger partial charge in [0.15, 0.2) is 0 Å². The standard InChI is InChI=1S/C27H44O/c1-19(2)8-6-9-21(4)25-15-16-26-22(10-7-17-27(25,26)5)12-13-23-18-24(28)14-11-20(23)3/h12-13,19,21,24-26,28H,3,6-11,14-18H2,1-2,4-5H3/b22-12?,23-13+/t21-,24+,25-,26+,27-/m1/s1. The zero-order valence-electron chi connectivity index (χ0n) is 19.0. The highest BCUT2D eigenvalue weighted by Gasteiger charge is 2.50. The molecule has 0 aromatic rings. The summed E-state index contributed by atoms with van der Waals surface area (Å²) in [5, 5.41) is 10.0. The maximum Gasteiger partial charge on any atom is 0.0583 e. The first-order valence-electron chi connectivity index (χ1n) is 12.1. The lowest BCUT2D eigenvalue weighted by Gasteiger charge is -2.44. The van der Waals surface area contributed by atoms with Crippen LogP contribution in [0.2, 0.25) is 0 Å². The average molecular weight is 385 g/mol. The van der Waals surface area contributed by atoms with Crippen LogP contribution in [0.15, 0.2) is 35.5 Å². The van der Waals surface area contributed by atoms with Gasteiger partial charge in [-0.3, -0.25) is 0 Å². The maximum atomic E-state index is 10.0. The van der Waals surface area contributed by atoms with Gasteiger partial charge in [-0.05, 0) is 86.0 Å². The van der Waals surface area contributed by atoms with Crippen LogP contribution < -0.4 is 0 Å². The van der Waals surface area contributed by atoms with E-state index in [-0.39, 0.29) is 6.10 Å². The van der Waals surface area contributed by atoms with Gasteiger partial charge in [-0.2, -0.15) is 0 Å². The summed E-state index contributed by atoms with van der Waals surface area (Å²) in [7, 11) is 0. The Labute approximate surface area is 174 Å². The predicted octanol–water partition coefficient (Wildman–Crippen LogP) is 7.62. The molecule has 0 spiro atoms. The molecule has 1 N–H and O–H groups in total. The summed E-state index contributed by atoms with van der Waals surface area (Å²) >= 11 is 0. The molecular formula is C27H44O. The molecule has 0 saturated heterocycles. The molecule has 0 bridgehead atoms. The number of fused-ring (bicyclic) bond motifs is 1. The Morgan fingerprint density at radius 1 is 1.11 bits per heavy atom. The van der Waals surface area contributed by atoms with Gasteiger partial charge in [-0.1, -0.05) is 76.8 Å². The molecule has 0 aromatic heterocycles. The van der Waals surface area contributed by atoms with Crippen molar-refractivity contribution in [3.8, 4) is 0 Å². The monoisotopic (exact) mass is 384 g/mol. The van der Waals surface area contributed by atoms with Gasteiger partial charge >= 0.3 is 0 Å². The molecular weight excluding hydrogens is 340 g/mol. The first-order valence-corrected chi connectivity index (χ1v) is 12.1. The van der Waals surface area contributed by atoms with E-state index < -0.39 is 0 Å². The highest BCUT2D eigenvalue weighted by molar-refractivity contribution is 5.36. The van der Waals surface area contributed by atoms with Crippen LogP contribution in [0, 0.1) is 29.1 Å². The molecule has 0 radical (unpaired) electrons. The Bertz CT molecular complexity index is 610. The zero-order chi connectivity index (χ0) is 20.3. The quantitative estimate of drug-likeness (QED) is 0.499. The fourth-order valence-electron chi connectivity index (χ4n) is 6.66. The van der Waals surface area contributed by atoms with Crippen LogP contribution in [0.1, 0.15) is 98.3 Å². The molecule has 3 aliphatic carbocycles. The maximum absolute atomic E-state index is 10.0. The minimum atomic E-state index is -0.172. The van der Waals surface area contributed by atoms with E-state index >= 15 is 0 Å². The van der Waals surface area contributed by atoms with E-state index in [9.17, 15) is 5.11 Å². The molecule has 158 valence electrons. The number of hydrogen-bond acceptors (Lipinski definition) is 1. The lowest BCUT2D eigenvalue weighted by Crippen LogP contribution is -2.36. The Morgan fingerprint density at radius 3 is 2.64 bits per heavy atom. The lowest BCUT2D eigenvalue weighted by atomic mass is 9.60. The van der Waals surface area contributed by atoms with E-state index in [1.807, 2.05) is 0 Å².